The van der Waals surface area contributed by atoms with Crippen LogP contribution in [0.1, 0.15) is 57.5 Å². The molecule has 1 saturated carbocycles. The van der Waals surface area contributed by atoms with Gasteiger partial charge in [-0.2, -0.15) is 5.10 Å². The standard InChI is InChI=1S/C15H27N3/c1-5-18-14(9-12(4)17-18)15(16)13-7-10(2)6-11(3)8-13/h9-11,13,15H,5-8,16H2,1-4H3. The maximum absolute atomic E-state index is 6.52. The minimum absolute atomic E-state index is 0.149. The molecule has 2 rings (SSSR count). The maximum Gasteiger partial charge on any atom is 0.0597 e. The number of aromatic nitrogens is 2. The molecule has 1 heterocycles. The molecule has 0 aliphatic heterocycles. The zero-order valence-corrected chi connectivity index (χ0v) is 12.2. The quantitative estimate of drug-likeness (QED) is 0.893. The number of nitrogens with two attached hydrogens (primary N) is 1. The monoisotopic (exact) mass is 249 g/mol. The highest BCUT2D eigenvalue weighted by molar-refractivity contribution is 5.14. The summed E-state index contributed by atoms with van der Waals surface area (Å²) in [6.45, 7) is 9.81. The summed E-state index contributed by atoms with van der Waals surface area (Å²) in [7, 11) is 0. The van der Waals surface area contributed by atoms with Crippen molar-refractivity contribution in [2.45, 2.75) is 59.5 Å². The zero-order valence-electron chi connectivity index (χ0n) is 12.2. The van der Waals surface area contributed by atoms with Crippen LogP contribution in [0.15, 0.2) is 6.07 Å². The molecule has 3 atom stereocenters. The van der Waals surface area contributed by atoms with E-state index in [1.54, 1.807) is 0 Å². The van der Waals surface area contributed by atoms with Gasteiger partial charge in [0.1, 0.15) is 0 Å². The molecule has 1 aromatic rings. The molecule has 1 aromatic heterocycles. The lowest BCUT2D eigenvalue weighted by atomic mass is 9.73. The number of hydrogen-bond donors (Lipinski definition) is 1. The fourth-order valence-electron chi connectivity index (χ4n) is 3.63. The normalized spacial score (nSPS) is 30.4. The first-order valence-electron chi connectivity index (χ1n) is 7.31. The van der Waals surface area contributed by atoms with Gasteiger partial charge >= 0.3 is 0 Å². The van der Waals surface area contributed by atoms with Gasteiger partial charge in [-0.05, 0) is 56.9 Å². The van der Waals surface area contributed by atoms with E-state index in [9.17, 15) is 0 Å². The fraction of sp³-hybridized carbons (Fsp3) is 0.800. The Bertz CT molecular complexity index is 386. The summed E-state index contributed by atoms with van der Waals surface area (Å²) in [5.74, 6) is 2.23. The molecule has 3 nitrogen and oxygen atoms in total. The summed E-state index contributed by atoms with van der Waals surface area (Å²) in [5, 5.41) is 4.52. The SMILES string of the molecule is CCn1nc(C)cc1C(N)C1CC(C)CC(C)C1. The molecular weight excluding hydrogens is 222 g/mol. The molecule has 2 N–H and O–H groups in total. The lowest BCUT2D eigenvalue weighted by molar-refractivity contribution is 0.189. The Morgan fingerprint density at radius 1 is 1.33 bits per heavy atom. The van der Waals surface area contributed by atoms with Crippen LogP contribution in [0.25, 0.3) is 0 Å². The molecule has 3 unspecified atom stereocenters. The summed E-state index contributed by atoms with van der Waals surface area (Å²) in [5.41, 5.74) is 8.83. The van der Waals surface area contributed by atoms with E-state index >= 15 is 0 Å². The third kappa shape index (κ3) is 2.77. The van der Waals surface area contributed by atoms with Crippen molar-refractivity contribution >= 4 is 0 Å². The Hall–Kier alpha value is -0.830. The Labute approximate surface area is 111 Å². The Balaban J connectivity index is 2.16. The molecule has 0 saturated heterocycles. The van der Waals surface area contributed by atoms with Crippen molar-refractivity contribution in [3.05, 3.63) is 17.5 Å². The molecule has 18 heavy (non-hydrogen) atoms. The first-order valence-corrected chi connectivity index (χ1v) is 7.31. The van der Waals surface area contributed by atoms with Gasteiger partial charge in [-0.25, -0.2) is 0 Å². The van der Waals surface area contributed by atoms with E-state index in [2.05, 4.69) is 43.5 Å². The minimum atomic E-state index is 0.149. The van der Waals surface area contributed by atoms with Crippen molar-refractivity contribution < 1.29 is 0 Å². The van der Waals surface area contributed by atoms with Crippen LogP contribution >= 0.6 is 0 Å². The van der Waals surface area contributed by atoms with Gasteiger partial charge in [-0.1, -0.05) is 13.8 Å². The van der Waals surface area contributed by atoms with Crippen molar-refractivity contribution in [1.29, 1.82) is 0 Å². The van der Waals surface area contributed by atoms with Gasteiger partial charge in [0.2, 0.25) is 0 Å². The number of nitrogens with zero attached hydrogens (tertiary/aromatic N) is 2. The highest BCUT2D eigenvalue weighted by Gasteiger charge is 2.30. The molecular formula is C15H27N3. The third-order valence-corrected chi connectivity index (χ3v) is 4.30. The highest BCUT2D eigenvalue weighted by Crippen LogP contribution is 2.38. The van der Waals surface area contributed by atoms with Gasteiger partial charge in [0.15, 0.2) is 0 Å². The number of rotatable bonds is 3. The van der Waals surface area contributed by atoms with Crippen molar-refractivity contribution in [3.8, 4) is 0 Å². The average molecular weight is 249 g/mol. The van der Waals surface area contributed by atoms with Gasteiger partial charge in [-0.15, -0.1) is 0 Å². The van der Waals surface area contributed by atoms with Crippen LogP contribution in [0.5, 0.6) is 0 Å². The van der Waals surface area contributed by atoms with E-state index in [1.807, 2.05) is 0 Å². The number of aryl methyl sites for hydroxylation is 2. The first kappa shape index (κ1) is 13.6. The average Bonchev–Trinajstić information content (AvgIpc) is 2.68. The maximum atomic E-state index is 6.52. The van der Waals surface area contributed by atoms with E-state index in [1.165, 1.54) is 25.0 Å². The van der Waals surface area contributed by atoms with Gasteiger partial charge in [0.25, 0.3) is 0 Å². The smallest absolute Gasteiger partial charge is 0.0597 e. The summed E-state index contributed by atoms with van der Waals surface area (Å²) < 4.78 is 2.07. The molecule has 0 bridgehead atoms. The van der Waals surface area contributed by atoms with Crippen LogP contribution in [0.2, 0.25) is 0 Å². The third-order valence-electron chi connectivity index (χ3n) is 4.30. The van der Waals surface area contributed by atoms with E-state index in [0.29, 0.717) is 5.92 Å². The van der Waals surface area contributed by atoms with Crippen LogP contribution in [-0.2, 0) is 6.54 Å². The van der Waals surface area contributed by atoms with Gasteiger partial charge < -0.3 is 5.73 Å². The van der Waals surface area contributed by atoms with Crippen LogP contribution in [-0.4, -0.2) is 9.78 Å². The summed E-state index contributed by atoms with van der Waals surface area (Å²) >= 11 is 0. The zero-order chi connectivity index (χ0) is 13.3. The van der Waals surface area contributed by atoms with Crippen molar-refractivity contribution in [2.75, 3.05) is 0 Å². The van der Waals surface area contributed by atoms with Gasteiger partial charge in [0, 0.05) is 12.6 Å². The summed E-state index contributed by atoms with van der Waals surface area (Å²) in [6.07, 6.45) is 3.88. The van der Waals surface area contributed by atoms with Crippen LogP contribution in [0.4, 0.5) is 0 Å². The lowest BCUT2D eigenvalue weighted by Crippen LogP contribution is -2.30. The predicted octanol–water partition coefficient (Wildman–Crippen LogP) is 3.28. The highest BCUT2D eigenvalue weighted by atomic mass is 15.3. The Morgan fingerprint density at radius 2 is 1.94 bits per heavy atom. The Kier molecular flexibility index (Phi) is 4.10. The summed E-state index contributed by atoms with van der Waals surface area (Å²) in [6, 6.07) is 2.31. The molecule has 1 fully saturated rings. The fourth-order valence-corrected chi connectivity index (χ4v) is 3.63. The number of hydrogen-bond acceptors (Lipinski definition) is 2. The molecule has 102 valence electrons. The minimum Gasteiger partial charge on any atom is -0.322 e. The topological polar surface area (TPSA) is 43.8 Å². The first-order chi connectivity index (χ1) is 8.51. The molecule has 1 aliphatic carbocycles. The molecule has 0 spiro atoms. The van der Waals surface area contributed by atoms with Gasteiger partial charge in [-0.3, -0.25) is 4.68 Å². The molecule has 0 amide bonds. The van der Waals surface area contributed by atoms with Crippen LogP contribution in [0.3, 0.4) is 0 Å². The van der Waals surface area contributed by atoms with Crippen molar-refractivity contribution in [2.24, 2.45) is 23.5 Å². The van der Waals surface area contributed by atoms with E-state index < -0.39 is 0 Å². The molecule has 0 aromatic carbocycles. The van der Waals surface area contributed by atoms with Crippen LogP contribution in [0, 0.1) is 24.7 Å². The summed E-state index contributed by atoms with van der Waals surface area (Å²) in [4.78, 5) is 0. The molecule has 0 radical (unpaired) electrons. The second-order valence-electron chi connectivity index (χ2n) is 6.23. The van der Waals surface area contributed by atoms with E-state index in [0.717, 1.165) is 24.1 Å². The Morgan fingerprint density at radius 3 is 2.50 bits per heavy atom. The lowest BCUT2D eigenvalue weighted by Gasteiger charge is -2.35. The molecule has 3 heteroatoms. The van der Waals surface area contributed by atoms with Crippen molar-refractivity contribution in [1.82, 2.24) is 9.78 Å². The van der Waals surface area contributed by atoms with E-state index in [4.69, 9.17) is 5.73 Å². The molecule has 1 aliphatic rings. The second-order valence-corrected chi connectivity index (χ2v) is 6.23. The predicted molar refractivity (Wildman–Crippen MR) is 75.2 cm³/mol. The van der Waals surface area contributed by atoms with Crippen molar-refractivity contribution in [3.63, 3.8) is 0 Å². The largest absolute Gasteiger partial charge is 0.322 e. The van der Waals surface area contributed by atoms with Gasteiger partial charge in [0.05, 0.1) is 11.4 Å². The van der Waals surface area contributed by atoms with Crippen LogP contribution < -0.4 is 5.73 Å². The second kappa shape index (κ2) is 5.43. The van der Waals surface area contributed by atoms with E-state index in [-0.39, 0.29) is 6.04 Å².